The average molecular weight is 221 g/mol. The van der Waals surface area contributed by atoms with Gasteiger partial charge in [0.25, 0.3) is 0 Å². The van der Waals surface area contributed by atoms with Crippen LogP contribution >= 0.6 is 0 Å². The van der Waals surface area contributed by atoms with E-state index in [4.69, 9.17) is 0 Å². The maximum absolute atomic E-state index is 3.87. The SMILES string of the molecule is CCC12CC3CC(C1)C(NC(C)C)C(C3)C2. The van der Waals surface area contributed by atoms with Crippen molar-refractivity contribution in [2.45, 2.75) is 71.4 Å². The van der Waals surface area contributed by atoms with Gasteiger partial charge in [0, 0.05) is 12.1 Å². The van der Waals surface area contributed by atoms with Crippen molar-refractivity contribution < 1.29 is 0 Å². The first-order valence-electron chi connectivity index (χ1n) is 7.38. The molecule has 0 aromatic carbocycles. The van der Waals surface area contributed by atoms with Crippen LogP contribution < -0.4 is 5.32 Å². The predicted molar refractivity (Wildman–Crippen MR) is 68.3 cm³/mol. The fraction of sp³-hybridized carbons (Fsp3) is 1.00. The minimum atomic E-state index is 0.667. The molecule has 0 heterocycles. The minimum absolute atomic E-state index is 0.667. The average Bonchev–Trinajstić information content (AvgIpc) is 2.22. The molecule has 4 bridgehead atoms. The van der Waals surface area contributed by atoms with E-state index < -0.39 is 0 Å². The highest BCUT2D eigenvalue weighted by atomic mass is 15.0. The summed E-state index contributed by atoms with van der Waals surface area (Å²) in [4.78, 5) is 0. The molecule has 0 saturated heterocycles. The third-order valence-electron chi connectivity index (χ3n) is 5.68. The fourth-order valence-electron chi connectivity index (χ4n) is 5.28. The first kappa shape index (κ1) is 11.1. The van der Waals surface area contributed by atoms with E-state index in [1.165, 1.54) is 32.1 Å². The van der Waals surface area contributed by atoms with Crippen molar-refractivity contribution in [3.63, 3.8) is 0 Å². The molecule has 4 saturated carbocycles. The summed E-state index contributed by atoms with van der Waals surface area (Å²) in [5.41, 5.74) is 0.770. The van der Waals surface area contributed by atoms with Crippen molar-refractivity contribution in [2.24, 2.45) is 23.2 Å². The van der Waals surface area contributed by atoms with Gasteiger partial charge in [-0.2, -0.15) is 0 Å². The summed E-state index contributed by atoms with van der Waals surface area (Å²) in [6, 6.07) is 1.52. The summed E-state index contributed by atoms with van der Waals surface area (Å²) in [6.45, 7) is 7.04. The molecule has 1 nitrogen and oxygen atoms in total. The van der Waals surface area contributed by atoms with E-state index in [1.54, 1.807) is 6.42 Å². The van der Waals surface area contributed by atoms with Crippen LogP contribution in [0.2, 0.25) is 0 Å². The van der Waals surface area contributed by atoms with Crippen LogP contribution in [0.1, 0.15) is 59.3 Å². The van der Waals surface area contributed by atoms with Crippen LogP contribution in [0.3, 0.4) is 0 Å². The Morgan fingerprint density at radius 3 is 2.25 bits per heavy atom. The highest BCUT2D eigenvalue weighted by Crippen LogP contribution is 2.61. The zero-order valence-corrected chi connectivity index (χ0v) is 11.1. The van der Waals surface area contributed by atoms with Gasteiger partial charge in [0.2, 0.25) is 0 Å². The van der Waals surface area contributed by atoms with E-state index in [0.29, 0.717) is 6.04 Å². The first-order chi connectivity index (χ1) is 7.62. The van der Waals surface area contributed by atoms with Gasteiger partial charge in [0.1, 0.15) is 0 Å². The lowest BCUT2D eigenvalue weighted by atomic mass is 9.47. The fourth-order valence-corrected chi connectivity index (χ4v) is 5.28. The Labute approximate surface area is 100 Å². The third-order valence-corrected chi connectivity index (χ3v) is 5.68. The molecular formula is C15H27N. The van der Waals surface area contributed by atoms with E-state index in [-0.39, 0.29) is 0 Å². The minimum Gasteiger partial charge on any atom is -0.311 e. The Morgan fingerprint density at radius 1 is 1.12 bits per heavy atom. The molecule has 0 spiro atoms. The largest absolute Gasteiger partial charge is 0.311 e. The van der Waals surface area contributed by atoms with Gasteiger partial charge in [-0.25, -0.2) is 0 Å². The number of nitrogens with one attached hydrogen (secondary N) is 1. The molecule has 16 heavy (non-hydrogen) atoms. The molecule has 0 aliphatic heterocycles. The van der Waals surface area contributed by atoms with E-state index in [1.807, 2.05) is 0 Å². The molecule has 4 rings (SSSR count). The smallest absolute Gasteiger partial charge is 0.0126 e. The molecule has 4 fully saturated rings. The van der Waals surface area contributed by atoms with E-state index in [2.05, 4.69) is 26.1 Å². The van der Waals surface area contributed by atoms with Crippen LogP contribution in [0, 0.1) is 23.2 Å². The Bertz CT molecular complexity index is 255. The maximum Gasteiger partial charge on any atom is 0.0126 e. The van der Waals surface area contributed by atoms with Crippen molar-refractivity contribution >= 4 is 0 Å². The molecule has 92 valence electrons. The number of hydrogen-bond donors (Lipinski definition) is 1. The lowest BCUT2D eigenvalue weighted by Gasteiger charge is -2.60. The Morgan fingerprint density at radius 2 is 1.75 bits per heavy atom. The highest BCUT2D eigenvalue weighted by molar-refractivity contribution is 5.07. The molecule has 2 unspecified atom stereocenters. The first-order valence-corrected chi connectivity index (χ1v) is 7.38. The van der Waals surface area contributed by atoms with Crippen molar-refractivity contribution in [1.82, 2.24) is 5.32 Å². The van der Waals surface area contributed by atoms with E-state index in [0.717, 1.165) is 29.2 Å². The van der Waals surface area contributed by atoms with Gasteiger partial charge in [-0.05, 0) is 55.3 Å². The lowest BCUT2D eigenvalue weighted by molar-refractivity contribution is -0.0797. The molecule has 1 heteroatoms. The van der Waals surface area contributed by atoms with Gasteiger partial charge in [0.15, 0.2) is 0 Å². The van der Waals surface area contributed by atoms with Crippen molar-refractivity contribution in [3.05, 3.63) is 0 Å². The molecule has 0 amide bonds. The quantitative estimate of drug-likeness (QED) is 0.768. The summed E-state index contributed by atoms with van der Waals surface area (Å²) in [6.07, 6.45) is 9.11. The van der Waals surface area contributed by atoms with Crippen LogP contribution in [0.4, 0.5) is 0 Å². The summed E-state index contributed by atoms with van der Waals surface area (Å²) in [7, 11) is 0. The molecule has 0 radical (unpaired) electrons. The topological polar surface area (TPSA) is 12.0 Å². The Kier molecular flexibility index (Phi) is 2.58. The highest BCUT2D eigenvalue weighted by Gasteiger charge is 2.54. The van der Waals surface area contributed by atoms with Gasteiger partial charge >= 0.3 is 0 Å². The van der Waals surface area contributed by atoms with Gasteiger partial charge in [-0.1, -0.05) is 27.2 Å². The van der Waals surface area contributed by atoms with Crippen LogP contribution in [-0.2, 0) is 0 Å². The standard InChI is InChI=1S/C15H27N/c1-4-15-7-11-5-12(8-15)14(16-10(2)3)13(6-11)9-15/h10-14,16H,4-9H2,1-3H3. The second-order valence-electron chi connectivity index (χ2n) is 7.17. The van der Waals surface area contributed by atoms with Crippen molar-refractivity contribution in [2.75, 3.05) is 0 Å². The monoisotopic (exact) mass is 221 g/mol. The van der Waals surface area contributed by atoms with Gasteiger partial charge in [0.05, 0.1) is 0 Å². The van der Waals surface area contributed by atoms with Gasteiger partial charge < -0.3 is 5.32 Å². The second kappa shape index (κ2) is 3.73. The lowest BCUT2D eigenvalue weighted by Crippen LogP contribution is -2.59. The molecule has 0 aromatic rings. The maximum atomic E-state index is 3.87. The normalized spacial score (nSPS) is 50.2. The Balaban J connectivity index is 1.79. The molecule has 4 aliphatic carbocycles. The van der Waals surface area contributed by atoms with Gasteiger partial charge in [-0.15, -0.1) is 0 Å². The van der Waals surface area contributed by atoms with Crippen LogP contribution in [-0.4, -0.2) is 12.1 Å². The molecule has 2 atom stereocenters. The summed E-state index contributed by atoms with van der Waals surface area (Å²) in [5.74, 6) is 3.10. The molecule has 4 aliphatic rings. The third kappa shape index (κ3) is 1.63. The van der Waals surface area contributed by atoms with Crippen LogP contribution in [0.25, 0.3) is 0 Å². The van der Waals surface area contributed by atoms with Gasteiger partial charge in [-0.3, -0.25) is 0 Å². The predicted octanol–water partition coefficient (Wildman–Crippen LogP) is 3.59. The summed E-state index contributed by atoms with van der Waals surface area (Å²) < 4.78 is 0. The van der Waals surface area contributed by atoms with E-state index >= 15 is 0 Å². The second-order valence-corrected chi connectivity index (χ2v) is 7.17. The number of rotatable bonds is 3. The molecular weight excluding hydrogens is 194 g/mol. The molecule has 1 N–H and O–H groups in total. The van der Waals surface area contributed by atoms with Crippen LogP contribution in [0.5, 0.6) is 0 Å². The van der Waals surface area contributed by atoms with Crippen molar-refractivity contribution in [1.29, 1.82) is 0 Å². The number of hydrogen-bond acceptors (Lipinski definition) is 1. The molecule has 0 aromatic heterocycles. The summed E-state index contributed by atoms with van der Waals surface area (Å²) in [5, 5.41) is 3.87. The zero-order valence-electron chi connectivity index (χ0n) is 11.1. The Hall–Kier alpha value is -0.0400. The van der Waals surface area contributed by atoms with E-state index in [9.17, 15) is 0 Å². The summed E-state index contributed by atoms with van der Waals surface area (Å²) >= 11 is 0. The van der Waals surface area contributed by atoms with Crippen molar-refractivity contribution in [3.8, 4) is 0 Å². The van der Waals surface area contributed by atoms with Crippen LogP contribution in [0.15, 0.2) is 0 Å². The zero-order chi connectivity index (χ0) is 11.3.